The standard InChI is InChI=1S/C13H17NOS2/c1-9-2-3-11(16)8-12(9)13(15)14-10-4-6-17-7-5-10/h2-3,8,10,16H,4-7H2,1H3,(H,14,15). The van der Waals surface area contributed by atoms with Crippen molar-refractivity contribution in [2.75, 3.05) is 11.5 Å². The summed E-state index contributed by atoms with van der Waals surface area (Å²) in [5, 5.41) is 3.12. The first kappa shape index (κ1) is 12.8. The minimum atomic E-state index is 0.0373. The van der Waals surface area contributed by atoms with E-state index in [-0.39, 0.29) is 5.91 Å². The van der Waals surface area contributed by atoms with Crippen LogP contribution in [0.15, 0.2) is 23.1 Å². The summed E-state index contributed by atoms with van der Waals surface area (Å²) in [7, 11) is 0. The Balaban J connectivity index is 2.05. The largest absolute Gasteiger partial charge is 0.349 e. The van der Waals surface area contributed by atoms with Crippen LogP contribution < -0.4 is 5.32 Å². The van der Waals surface area contributed by atoms with Gasteiger partial charge in [0.2, 0.25) is 0 Å². The molecule has 1 aromatic rings. The van der Waals surface area contributed by atoms with Gasteiger partial charge in [-0.15, -0.1) is 12.6 Å². The molecule has 2 nitrogen and oxygen atoms in total. The van der Waals surface area contributed by atoms with Crippen LogP contribution in [0.3, 0.4) is 0 Å². The van der Waals surface area contributed by atoms with E-state index in [9.17, 15) is 4.79 Å². The normalized spacial score (nSPS) is 16.8. The molecule has 1 aliphatic rings. The Morgan fingerprint density at radius 1 is 1.41 bits per heavy atom. The van der Waals surface area contributed by atoms with Crippen LogP contribution in [0, 0.1) is 6.92 Å². The summed E-state index contributed by atoms with van der Waals surface area (Å²) in [4.78, 5) is 13.0. The fraction of sp³-hybridized carbons (Fsp3) is 0.462. The van der Waals surface area contributed by atoms with Crippen LogP contribution >= 0.6 is 24.4 Å². The molecule has 0 atom stereocenters. The van der Waals surface area contributed by atoms with E-state index in [2.05, 4.69) is 17.9 Å². The minimum absolute atomic E-state index is 0.0373. The Labute approximate surface area is 112 Å². The first-order valence-corrected chi connectivity index (χ1v) is 7.45. The van der Waals surface area contributed by atoms with E-state index >= 15 is 0 Å². The third kappa shape index (κ3) is 3.42. The number of rotatable bonds is 2. The Morgan fingerprint density at radius 3 is 2.82 bits per heavy atom. The van der Waals surface area contributed by atoms with E-state index in [0.717, 1.165) is 40.4 Å². The maximum absolute atomic E-state index is 12.1. The number of nitrogens with one attached hydrogen (secondary N) is 1. The highest BCUT2D eigenvalue weighted by Gasteiger charge is 2.17. The van der Waals surface area contributed by atoms with Gasteiger partial charge in [-0.1, -0.05) is 6.07 Å². The van der Waals surface area contributed by atoms with Crippen molar-refractivity contribution in [1.29, 1.82) is 0 Å². The van der Waals surface area contributed by atoms with Gasteiger partial charge in [-0.3, -0.25) is 4.79 Å². The number of benzene rings is 1. The molecule has 0 spiro atoms. The number of carbonyl (C=O) groups is 1. The highest BCUT2D eigenvalue weighted by atomic mass is 32.2. The molecule has 1 saturated heterocycles. The number of thiol groups is 1. The van der Waals surface area contributed by atoms with Crippen LogP contribution in [0.4, 0.5) is 0 Å². The van der Waals surface area contributed by atoms with Gasteiger partial charge in [0.15, 0.2) is 0 Å². The molecular formula is C13H17NOS2. The SMILES string of the molecule is Cc1ccc(S)cc1C(=O)NC1CCSCC1. The van der Waals surface area contributed by atoms with Gasteiger partial charge in [0.25, 0.3) is 5.91 Å². The lowest BCUT2D eigenvalue weighted by molar-refractivity contribution is 0.0934. The monoisotopic (exact) mass is 267 g/mol. The lowest BCUT2D eigenvalue weighted by Gasteiger charge is -2.23. The Bertz CT molecular complexity index is 414. The van der Waals surface area contributed by atoms with Crippen molar-refractivity contribution in [2.45, 2.75) is 30.7 Å². The summed E-state index contributed by atoms with van der Waals surface area (Å²) in [5.74, 6) is 2.34. The predicted octanol–water partition coefficient (Wildman–Crippen LogP) is 2.91. The minimum Gasteiger partial charge on any atom is -0.349 e. The van der Waals surface area contributed by atoms with Gasteiger partial charge in [0, 0.05) is 16.5 Å². The van der Waals surface area contributed by atoms with Gasteiger partial charge < -0.3 is 5.32 Å². The fourth-order valence-electron chi connectivity index (χ4n) is 1.96. The molecule has 1 aliphatic heterocycles. The first-order chi connectivity index (χ1) is 8.16. The van der Waals surface area contributed by atoms with Gasteiger partial charge in [-0.25, -0.2) is 0 Å². The van der Waals surface area contributed by atoms with Crippen LogP contribution in [0.1, 0.15) is 28.8 Å². The predicted molar refractivity (Wildman–Crippen MR) is 76.2 cm³/mol. The van der Waals surface area contributed by atoms with E-state index in [1.807, 2.05) is 36.9 Å². The molecule has 92 valence electrons. The summed E-state index contributed by atoms with van der Waals surface area (Å²) >= 11 is 6.24. The topological polar surface area (TPSA) is 29.1 Å². The number of carbonyl (C=O) groups excluding carboxylic acids is 1. The Kier molecular flexibility index (Phi) is 4.40. The number of hydrogen-bond acceptors (Lipinski definition) is 3. The molecular weight excluding hydrogens is 250 g/mol. The van der Waals surface area contributed by atoms with Gasteiger partial charge in [0.1, 0.15) is 0 Å². The molecule has 4 heteroatoms. The van der Waals surface area contributed by atoms with Crippen molar-refractivity contribution in [1.82, 2.24) is 5.32 Å². The molecule has 0 radical (unpaired) electrons. The van der Waals surface area contributed by atoms with Crippen molar-refractivity contribution < 1.29 is 4.79 Å². The van der Waals surface area contributed by atoms with E-state index in [1.165, 1.54) is 0 Å². The highest BCUT2D eigenvalue weighted by molar-refractivity contribution is 7.99. The summed E-state index contributed by atoms with van der Waals surface area (Å²) in [6.45, 7) is 1.96. The smallest absolute Gasteiger partial charge is 0.251 e. The average Bonchev–Trinajstić information content (AvgIpc) is 2.33. The lowest BCUT2D eigenvalue weighted by Crippen LogP contribution is -2.37. The van der Waals surface area contributed by atoms with E-state index in [0.29, 0.717) is 6.04 Å². The number of hydrogen-bond donors (Lipinski definition) is 2. The molecule has 2 rings (SSSR count). The summed E-state index contributed by atoms with van der Waals surface area (Å²) in [6.07, 6.45) is 2.16. The van der Waals surface area contributed by atoms with E-state index < -0.39 is 0 Å². The molecule has 0 bridgehead atoms. The molecule has 1 amide bonds. The zero-order chi connectivity index (χ0) is 12.3. The summed E-state index contributed by atoms with van der Waals surface area (Å²) < 4.78 is 0. The number of aryl methyl sites for hydroxylation is 1. The Morgan fingerprint density at radius 2 is 2.12 bits per heavy atom. The molecule has 0 aromatic heterocycles. The van der Waals surface area contributed by atoms with Crippen molar-refractivity contribution in [2.24, 2.45) is 0 Å². The average molecular weight is 267 g/mol. The third-order valence-corrected chi connectivity index (χ3v) is 4.35. The number of amides is 1. The highest BCUT2D eigenvalue weighted by Crippen LogP contribution is 2.19. The van der Waals surface area contributed by atoms with Crippen LogP contribution in [0.2, 0.25) is 0 Å². The van der Waals surface area contributed by atoms with Crippen molar-refractivity contribution in [3.05, 3.63) is 29.3 Å². The second-order valence-electron chi connectivity index (χ2n) is 4.36. The van der Waals surface area contributed by atoms with Crippen LogP contribution in [0.25, 0.3) is 0 Å². The van der Waals surface area contributed by atoms with Crippen molar-refractivity contribution >= 4 is 30.3 Å². The molecule has 0 saturated carbocycles. The summed E-state index contributed by atoms with van der Waals surface area (Å²) in [5.41, 5.74) is 1.75. The molecule has 17 heavy (non-hydrogen) atoms. The molecule has 0 aliphatic carbocycles. The molecule has 0 unspecified atom stereocenters. The maximum Gasteiger partial charge on any atom is 0.251 e. The lowest BCUT2D eigenvalue weighted by atomic mass is 10.1. The second-order valence-corrected chi connectivity index (χ2v) is 6.10. The van der Waals surface area contributed by atoms with Crippen LogP contribution in [0.5, 0.6) is 0 Å². The fourth-order valence-corrected chi connectivity index (χ4v) is 3.27. The molecule has 1 heterocycles. The number of thioether (sulfide) groups is 1. The maximum atomic E-state index is 12.1. The molecule has 1 aromatic carbocycles. The van der Waals surface area contributed by atoms with Crippen LogP contribution in [-0.4, -0.2) is 23.5 Å². The molecule has 1 N–H and O–H groups in total. The Hall–Kier alpha value is -0.610. The van der Waals surface area contributed by atoms with Crippen molar-refractivity contribution in [3.8, 4) is 0 Å². The quantitative estimate of drug-likeness (QED) is 0.807. The second kappa shape index (κ2) is 5.83. The zero-order valence-electron chi connectivity index (χ0n) is 9.90. The molecule has 1 fully saturated rings. The van der Waals surface area contributed by atoms with Gasteiger partial charge in [-0.05, 0) is 49.0 Å². The van der Waals surface area contributed by atoms with Gasteiger partial charge in [0.05, 0.1) is 0 Å². The summed E-state index contributed by atoms with van der Waals surface area (Å²) in [6, 6.07) is 6.03. The first-order valence-electron chi connectivity index (χ1n) is 5.85. The third-order valence-electron chi connectivity index (χ3n) is 3.02. The van der Waals surface area contributed by atoms with Crippen LogP contribution in [-0.2, 0) is 0 Å². The van der Waals surface area contributed by atoms with E-state index in [4.69, 9.17) is 0 Å². The van der Waals surface area contributed by atoms with Gasteiger partial charge >= 0.3 is 0 Å². The van der Waals surface area contributed by atoms with E-state index in [1.54, 1.807) is 0 Å². The van der Waals surface area contributed by atoms with Gasteiger partial charge in [-0.2, -0.15) is 11.8 Å². The van der Waals surface area contributed by atoms with Crippen molar-refractivity contribution in [3.63, 3.8) is 0 Å². The zero-order valence-corrected chi connectivity index (χ0v) is 11.6.